The highest BCUT2D eigenvalue weighted by molar-refractivity contribution is 6.21. The van der Waals surface area contributed by atoms with Crippen LogP contribution in [0.15, 0.2) is 30.5 Å². The normalized spacial score (nSPS) is 22.8. The van der Waals surface area contributed by atoms with Crippen LogP contribution in [0.4, 0.5) is 5.82 Å². The summed E-state index contributed by atoms with van der Waals surface area (Å²) in [6.45, 7) is 0. The van der Waals surface area contributed by atoms with E-state index >= 15 is 0 Å². The van der Waals surface area contributed by atoms with Crippen molar-refractivity contribution in [1.29, 1.82) is 0 Å². The summed E-state index contributed by atoms with van der Waals surface area (Å²) in [7, 11) is 1.69. The highest BCUT2D eigenvalue weighted by Crippen LogP contribution is 2.29. The van der Waals surface area contributed by atoms with Crippen molar-refractivity contribution < 1.29 is 4.74 Å². The second-order valence-corrected chi connectivity index (χ2v) is 6.21. The maximum absolute atomic E-state index is 6.53. The SMILES string of the molecule is COc1ccc2c(NC3CCCCCC3Cl)nccc2c1. The van der Waals surface area contributed by atoms with Gasteiger partial charge in [-0.3, -0.25) is 0 Å². The standard InChI is InChI=1S/C17H21ClN2O/c1-21-13-7-8-14-12(11-13)9-10-19-17(14)20-16-6-4-2-3-5-15(16)18/h7-11,15-16H,2-6H2,1H3,(H,19,20). The molecule has 2 aromatic rings. The van der Waals surface area contributed by atoms with Gasteiger partial charge in [-0.2, -0.15) is 0 Å². The first-order valence-corrected chi connectivity index (χ1v) is 8.05. The number of methoxy groups -OCH3 is 1. The molecule has 0 amide bonds. The molecule has 1 aliphatic carbocycles. The number of ether oxygens (including phenoxy) is 1. The second-order valence-electron chi connectivity index (χ2n) is 5.65. The molecule has 1 aliphatic rings. The predicted octanol–water partition coefficient (Wildman–Crippen LogP) is 4.60. The first-order chi connectivity index (χ1) is 10.3. The molecule has 1 fully saturated rings. The van der Waals surface area contributed by atoms with Crippen LogP contribution in [0.1, 0.15) is 32.1 Å². The highest BCUT2D eigenvalue weighted by atomic mass is 35.5. The summed E-state index contributed by atoms with van der Waals surface area (Å²) in [5.74, 6) is 1.79. The van der Waals surface area contributed by atoms with Gasteiger partial charge < -0.3 is 10.1 Å². The number of benzene rings is 1. The summed E-state index contributed by atoms with van der Waals surface area (Å²) in [4.78, 5) is 4.51. The van der Waals surface area contributed by atoms with Gasteiger partial charge in [0.15, 0.2) is 0 Å². The van der Waals surface area contributed by atoms with Crippen LogP contribution in [-0.4, -0.2) is 23.5 Å². The summed E-state index contributed by atoms with van der Waals surface area (Å²) < 4.78 is 5.28. The minimum absolute atomic E-state index is 0.183. The van der Waals surface area contributed by atoms with E-state index in [1.165, 1.54) is 19.3 Å². The lowest BCUT2D eigenvalue weighted by Gasteiger charge is -2.22. The maximum Gasteiger partial charge on any atom is 0.134 e. The van der Waals surface area contributed by atoms with Crippen LogP contribution < -0.4 is 10.1 Å². The molecule has 3 nitrogen and oxygen atoms in total. The van der Waals surface area contributed by atoms with Gasteiger partial charge in [0.2, 0.25) is 0 Å². The molecule has 2 unspecified atom stereocenters. The summed E-state index contributed by atoms with van der Waals surface area (Å²) in [5, 5.41) is 6.00. The summed E-state index contributed by atoms with van der Waals surface area (Å²) in [5.41, 5.74) is 0. The summed E-state index contributed by atoms with van der Waals surface area (Å²) >= 11 is 6.53. The summed E-state index contributed by atoms with van der Waals surface area (Å²) in [6.07, 6.45) is 7.78. The number of hydrogen-bond acceptors (Lipinski definition) is 3. The van der Waals surface area contributed by atoms with E-state index in [1.807, 2.05) is 24.4 Å². The lowest BCUT2D eigenvalue weighted by Crippen LogP contribution is -2.29. The topological polar surface area (TPSA) is 34.1 Å². The minimum atomic E-state index is 0.183. The van der Waals surface area contributed by atoms with Gasteiger partial charge in [-0.05, 0) is 42.5 Å². The molecule has 3 rings (SSSR count). The van der Waals surface area contributed by atoms with Crippen LogP contribution in [0.25, 0.3) is 10.8 Å². The second kappa shape index (κ2) is 6.52. The van der Waals surface area contributed by atoms with Crippen molar-refractivity contribution >= 4 is 28.2 Å². The molecule has 0 saturated heterocycles. The molecule has 112 valence electrons. The zero-order valence-corrected chi connectivity index (χ0v) is 13.1. The number of nitrogens with zero attached hydrogens (tertiary/aromatic N) is 1. The van der Waals surface area contributed by atoms with Crippen LogP contribution >= 0.6 is 11.6 Å². The van der Waals surface area contributed by atoms with Gasteiger partial charge in [-0.25, -0.2) is 4.98 Å². The third-order valence-electron chi connectivity index (χ3n) is 4.23. The Balaban J connectivity index is 1.89. The first kappa shape index (κ1) is 14.5. The van der Waals surface area contributed by atoms with Crippen molar-refractivity contribution in [1.82, 2.24) is 4.98 Å². The van der Waals surface area contributed by atoms with Gasteiger partial charge in [-0.1, -0.05) is 19.3 Å². The number of rotatable bonds is 3. The number of aromatic nitrogens is 1. The van der Waals surface area contributed by atoms with Crippen LogP contribution in [0.5, 0.6) is 5.75 Å². The molecular formula is C17H21ClN2O. The number of pyridine rings is 1. The monoisotopic (exact) mass is 304 g/mol. The molecular weight excluding hydrogens is 284 g/mol. The van der Waals surface area contributed by atoms with Crippen LogP contribution in [-0.2, 0) is 0 Å². The fourth-order valence-corrected chi connectivity index (χ4v) is 3.34. The molecule has 0 bridgehead atoms. The van der Waals surface area contributed by atoms with Gasteiger partial charge in [0, 0.05) is 17.6 Å². The molecule has 1 heterocycles. The largest absolute Gasteiger partial charge is 0.497 e. The van der Waals surface area contributed by atoms with Crippen molar-refractivity contribution in [3.8, 4) is 5.75 Å². The zero-order valence-electron chi connectivity index (χ0n) is 12.3. The van der Waals surface area contributed by atoms with Gasteiger partial charge in [0.25, 0.3) is 0 Å². The fraction of sp³-hybridized carbons (Fsp3) is 0.471. The van der Waals surface area contributed by atoms with E-state index in [4.69, 9.17) is 16.3 Å². The Morgan fingerprint density at radius 2 is 2.05 bits per heavy atom. The van der Waals surface area contributed by atoms with Gasteiger partial charge >= 0.3 is 0 Å². The smallest absolute Gasteiger partial charge is 0.134 e. The molecule has 1 aromatic heterocycles. The molecule has 0 radical (unpaired) electrons. The lowest BCUT2D eigenvalue weighted by atomic mass is 10.1. The van der Waals surface area contributed by atoms with Gasteiger partial charge in [0.1, 0.15) is 11.6 Å². The van der Waals surface area contributed by atoms with E-state index in [9.17, 15) is 0 Å². The number of halogens is 1. The first-order valence-electron chi connectivity index (χ1n) is 7.61. The highest BCUT2D eigenvalue weighted by Gasteiger charge is 2.22. The fourth-order valence-electron chi connectivity index (χ4n) is 3.00. The van der Waals surface area contributed by atoms with Crippen LogP contribution in [0.2, 0.25) is 0 Å². The van der Waals surface area contributed by atoms with Crippen LogP contribution in [0, 0.1) is 0 Å². The van der Waals surface area contributed by atoms with Crippen molar-refractivity contribution in [3.05, 3.63) is 30.5 Å². The van der Waals surface area contributed by atoms with Crippen molar-refractivity contribution in [3.63, 3.8) is 0 Å². The Morgan fingerprint density at radius 1 is 1.19 bits per heavy atom. The molecule has 1 saturated carbocycles. The van der Waals surface area contributed by atoms with Crippen molar-refractivity contribution in [2.24, 2.45) is 0 Å². The Kier molecular flexibility index (Phi) is 4.49. The van der Waals surface area contributed by atoms with Crippen molar-refractivity contribution in [2.75, 3.05) is 12.4 Å². The number of anilines is 1. The molecule has 1 aromatic carbocycles. The van der Waals surface area contributed by atoms with E-state index in [2.05, 4.69) is 16.4 Å². The Morgan fingerprint density at radius 3 is 2.90 bits per heavy atom. The van der Waals surface area contributed by atoms with E-state index < -0.39 is 0 Å². The maximum atomic E-state index is 6.53. The lowest BCUT2D eigenvalue weighted by molar-refractivity contribution is 0.415. The van der Waals surface area contributed by atoms with E-state index in [0.29, 0.717) is 6.04 Å². The predicted molar refractivity (Wildman–Crippen MR) is 88.4 cm³/mol. The van der Waals surface area contributed by atoms with Crippen molar-refractivity contribution in [2.45, 2.75) is 43.5 Å². The van der Waals surface area contributed by atoms with E-state index in [-0.39, 0.29) is 5.38 Å². The minimum Gasteiger partial charge on any atom is -0.497 e. The number of fused-ring (bicyclic) bond motifs is 1. The Labute approximate surface area is 130 Å². The number of hydrogen-bond donors (Lipinski definition) is 1. The molecule has 2 atom stereocenters. The molecule has 0 spiro atoms. The van der Waals surface area contributed by atoms with Gasteiger partial charge in [0.05, 0.1) is 12.5 Å². The molecule has 4 heteroatoms. The Hall–Kier alpha value is -1.48. The number of nitrogens with one attached hydrogen (secondary N) is 1. The average molecular weight is 305 g/mol. The summed E-state index contributed by atoms with van der Waals surface area (Å²) in [6, 6.07) is 8.38. The third kappa shape index (κ3) is 3.24. The molecule has 21 heavy (non-hydrogen) atoms. The van der Waals surface area contributed by atoms with E-state index in [0.717, 1.165) is 35.2 Å². The van der Waals surface area contributed by atoms with E-state index in [1.54, 1.807) is 7.11 Å². The number of alkyl halides is 1. The van der Waals surface area contributed by atoms with Gasteiger partial charge in [-0.15, -0.1) is 11.6 Å². The third-order valence-corrected chi connectivity index (χ3v) is 4.75. The van der Waals surface area contributed by atoms with Crippen LogP contribution in [0.3, 0.4) is 0 Å². The molecule has 1 N–H and O–H groups in total. The quantitative estimate of drug-likeness (QED) is 0.665. The molecule has 0 aliphatic heterocycles. The Bertz CT molecular complexity index is 617. The zero-order chi connectivity index (χ0) is 14.7. The average Bonchev–Trinajstić information content (AvgIpc) is 2.72.